The smallest absolute Gasteiger partial charge is 0.248 e. The zero-order valence-electron chi connectivity index (χ0n) is 20.2. The van der Waals surface area contributed by atoms with E-state index in [1.54, 1.807) is 23.7 Å². The molecule has 0 fully saturated rings. The van der Waals surface area contributed by atoms with Crippen LogP contribution >= 0.6 is 11.3 Å². The van der Waals surface area contributed by atoms with E-state index < -0.39 is 29.2 Å². The third-order valence-corrected chi connectivity index (χ3v) is 5.77. The van der Waals surface area contributed by atoms with Gasteiger partial charge in [0.05, 0.1) is 0 Å². The molecule has 3 amide bonds. The second kappa shape index (κ2) is 11.2. The molecule has 7 nitrogen and oxygen atoms in total. The molecule has 0 saturated carbocycles. The molecule has 2 aromatic carbocycles. The van der Waals surface area contributed by atoms with Gasteiger partial charge in [-0.15, -0.1) is 11.3 Å². The first kappa shape index (κ1) is 26.0. The van der Waals surface area contributed by atoms with Gasteiger partial charge in [0, 0.05) is 35.6 Å². The molecule has 0 spiro atoms. The van der Waals surface area contributed by atoms with Crippen LogP contribution < -0.4 is 15.5 Å². The average molecular weight is 497 g/mol. The Morgan fingerprint density at radius 2 is 1.74 bits per heavy atom. The Labute approximate surface area is 208 Å². The van der Waals surface area contributed by atoms with Gasteiger partial charge >= 0.3 is 0 Å². The van der Waals surface area contributed by atoms with E-state index >= 15 is 0 Å². The standard InChI is InChI=1S/C26H29FN4O3S/c1-17-7-5-6-8-20(17)31(22(33)14-13-21(32)29-25-28-15-16-35-25)23(24(34)30-26(2,3)4)18-9-11-19(27)12-10-18/h5-12,15-16,23H,13-14H2,1-4H3,(H,30,34)(H,28,29,32)/t23-/m0/s1. The van der Waals surface area contributed by atoms with Gasteiger partial charge in [-0.3, -0.25) is 19.3 Å². The van der Waals surface area contributed by atoms with Crippen molar-refractivity contribution in [2.45, 2.75) is 52.1 Å². The Bertz CT molecular complexity index is 1170. The van der Waals surface area contributed by atoms with Crippen molar-refractivity contribution < 1.29 is 18.8 Å². The van der Waals surface area contributed by atoms with Crippen LogP contribution in [-0.4, -0.2) is 28.2 Å². The summed E-state index contributed by atoms with van der Waals surface area (Å²) in [5.74, 6) is -1.62. The minimum atomic E-state index is -1.06. The number of para-hydroxylation sites is 1. The number of anilines is 2. The molecule has 9 heteroatoms. The Kier molecular flexibility index (Phi) is 8.34. The van der Waals surface area contributed by atoms with Gasteiger partial charge in [0.1, 0.15) is 11.9 Å². The van der Waals surface area contributed by atoms with E-state index in [0.717, 1.165) is 5.56 Å². The second-order valence-corrected chi connectivity index (χ2v) is 10.0. The molecule has 184 valence electrons. The molecule has 2 N–H and O–H groups in total. The fourth-order valence-electron chi connectivity index (χ4n) is 3.56. The maximum absolute atomic E-state index is 13.7. The number of benzene rings is 2. The molecule has 0 unspecified atom stereocenters. The van der Waals surface area contributed by atoms with Crippen molar-refractivity contribution in [1.82, 2.24) is 10.3 Å². The van der Waals surface area contributed by atoms with Crippen molar-refractivity contribution in [3.05, 3.63) is 77.1 Å². The molecule has 0 aliphatic rings. The molecule has 1 aromatic heterocycles. The maximum Gasteiger partial charge on any atom is 0.248 e. The third-order valence-electron chi connectivity index (χ3n) is 5.08. The number of nitrogens with zero attached hydrogens (tertiary/aromatic N) is 2. The van der Waals surface area contributed by atoms with Crippen molar-refractivity contribution >= 4 is 39.9 Å². The maximum atomic E-state index is 13.7. The van der Waals surface area contributed by atoms with E-state index in [4.69, 9.17) is 0 Å². The van der Waals surface area contributed by atoms with E-state index in [1.807, 2.05) is 39.8 Å². The highest BCUT2D eigenvalue weighted by atomic mass is 32.1. The van der Waals surface area contributed by atoms with Crippen LogP contribution in [-0.2, 0) is 14.4 Å². The number of carbonyl (C=O) groups is 3. The highest BCUT2D eigenvalue weighted by Gasteiger charge is 2.35. The molecule has 1 heterocycles. The molecule has 3 aromatic rings. The molecule has 3 rings (SSSR count). The van der Waals surface area contributed by atoms with Gasteiger partial charge in [0.2, 0.25) is 17.7 Å². The lowest BCUT2D eigenvalue weighted by Gasteiger charge is -2.34. The van der Waals surface area contributed by atoms with Crippen LogP contribution in [0.25, 0.3) is 0 Å². The van der Waals surface area contributed by atoms with Crippen molar-refractivity contribution in [2.75, 3.05) is 10.2 Å². The number of aryl methyl sites for hydroxylation is 1. The lowest BCUT2D eigenvalue weighted by atomic mass is 9.99. The Morgan fingerprint density at radius 1 is 1.06 bits per heavy atom. The number of amides is 3. The highest BCUT2D eigenvalue weighted by molar-refractivity contribution is 7.13. The van der Waals surface area contributed by atoms with E-state index in [9.17, 15) is 18.8 Å². The number of carbonyl (C=O) groups excluding carboxylic acids is 3. The fourth-order valence-corrected chi connectivity index (χ4v) is 4.10. The Morgan fingerprint density at radius 3 is 2.34 bits per heavy atom. The Hall–Kier alpha value is -3.59. The number of aromatic nitrogens is 1. The van der Waals surface area contributed by atoms with Crippen LogP contribution in [0.2, 0.25) is 0 Å². The number of rotatable bonds is 8. The van der Waals surface area contributed by atoms with E-state index in [0.29, 0.717) is 16.4 Å². The van der Waals surface area contributed by atoms with Gasteiger partial charge in [-0.05, 0) is 57.0 Å². The fraction of sp³-hybridized carbons (Fsp3) is 0.308. The zero-order valence-corrected chi connectivity index (χ0v) is 21.0. The van der Waals surface area contributed by atoms with Crippen LogP contribution in [0.1, 0.15) is 50.8 Å². The largest absolute Gasteiger partial charge is 0.349 e. The molecular weight excluding hydrogens is 467 g/mol. The predicted molar refractivity (Wildman–Crippen MR) is 136 cm³/mol. The average Bonchev–Trinajstić information content (AvgIpc) is 3.29. The lowest BCUT2D eigenvalue weighted by molar-refractivity contribution is -0.128. The molecule has 0 aliphatic heterocycles. The highest BCUT2D eigenvalue weighted by Crippen LogP contribution is 2.32. The summed E-state index contributed by atoms with van der Waals surface area (Å²) in [6.07, 6.45) is 1.36. The molecular formula is C26H29FN4O3S. The summed E-state index contributed by atoms with van der Waals surface area (Å²) in [7, 11) is 0. The summed E-state index contributed by atoms with van der Waals surface area (Å²) in [6, 6.07) is 11.7. The topological polar surface area (TPSA) is 91.4 Å². The van der Waals surface area contributed by atoms with Crippen molar-refractivity contribution in [1.29, 1.82) is 0 Å². The van der Waals surface area contributed by atoms with Gasteiger partial charge in [-0.2, -0.15) is 0 Å². The van der Waals surface area contributed by atoms with Crippen LogP contribution in [0.5, 0.6) is 0 Å². The molecule has 0 aliphatic carbocycles. The number of thiazole rings is 1. The SMILES string of the molecule is Cc1ccccc1N(C(=O)CCC(=O)Nc1nccs1)[C@H](C(=O)NC(C)(C)C)c1ccc(F)cc1. The first-order valence-electron chi connectivity index (χ1n) is 11.2. The third kappa shape index (κ3) is 7.19. The van der Waals surface area contributed by atoms with Gasteiger partial charge in [0.15, 0.2) is 5.13 Å². The summed E-state index contributed by atoms with van der Waals surface area (Å²) < 4.78 is 13.7. The molecule has 0 radical (unpaired) electrons. The van der Waals surface area contributed by atoms with Gasteiger partial charge < -0.3 is 10.6 Å². The molecule has 1 atom stereocenters. The first-order valence-corrected chi connectivity index (χ1v) is 12.1. The van der Waals surface area contributed by atoms with Crippen molar-refractivity contribution in [3.8, 4) is 0 Å². The minimum absolute atomic E-state index is 0.0855. The van der Waals surface area contributed by atoms with E-state index in [2.05, 4.69) is 15.6 Å². The number of nitrogens with one attached hydrogen (secondary N) is 2. The normalized spacial score (nSPS) is 12.0. The van der Waals surface area contributed by atoms with Crippen LogP contribution in [0.3, 0.4) is 0 Å². The van der Waals surface area contributed by atoms with Gasteiger partial charge in [-0.1, -0.05) is 30.3 Å². The summed E-state index contributed by atoms with van der Waals surface area (Å²) >= 11 is 1.28. The molecule has 0 saturated heterocycles. The van der Waals surface area contributed by atoms with Crippen LogP contribution in [0, 0.1) is 12.7 Å². The molecule has 35 heavy (non-hydrogen) atoms. The monoisotopic (exact) mass is 496 g/mol. The van der Waals surface area contributed by atoms with E-state index in [-0.39, 0.29) is 18.7 Å². The van der Waals surface area contributed by atoms with Crippen LogP contribution in [0.4, 0.5) is 15.2 Å². The predicted octanol–water partition coefficient (Wildman–Crippen LogP) is 5.00. The summed E-state index contributed by atoms with van der Waals surface area (Å²) in [5.41, 5.74) is 1.21. The minimum Gasteiger partial charge on any atom is -0.349 e. The van der Waals surface area contributed by atoms with Gasteiger partial charge in [-0.25, -0.2) is 9.37 Å². The zero-order chi connectivity index (χ0) is 25.6. The summed E-state index contributed by atoms with van der Waals surface area (Å²) in [6.45, 7) is 7.37. The summed E-state index contributed by atoms with van der Waals surface area (Å²) in [4.78, 5) is 45.0. The van der Waals surface area contributed by atoms with Crippen LogP contribution in [0.15, 0.2) is 60.1 Å². The number of hydrogen-bond donors (Lipinski definition) is 2. The first-order chi connectivity index (χ1) is 16.5. The number of hydrogen-bond acceptors (Lipinski definition) is 5. The lowest BCUT2D eigenvalue weighted by Crippen LogP contribution is -2.49. The van der Waals surface area contributed by atoms with Crippen molar-refractivity contribution in [3.63, 3.8) is 0 Å². The van der Waals surface area contributed by atoms with Gasteiger partial charge in [0.25, 0.3) is 0 Å². The number of halogens is 1. The van der Waals surface area contributed by atoms with Crippen molar-refractivity contribution in [2.24, 2.45) is 0 Å². The molecule has 0 bridgehead atoms. The Balaban J connectivity index is 1.97. The second-order valence-electron chi connectivity index (χ2n) is 9.13. The summed E-state index contributed by atoms with van der Waals surface area (Å²) in [5, 5.41) is 7.79. The van der Waals surface area contributed by atoms with E-state index in [1.165, 1.54) is 40.5 Å². The quantitative estimate of drug-likeness (QED) is 0.459.